The van der Waals surface area contributed by atoms with Crippen molar-refractivity contribution in [3.63, 3.8) is 0 Å². The zero-order valence-electron chi connectivity index (χ0n) is 14.1. The molecule has 5 nitrogen and oxygen atoms in total. The zero-order valence-corrected chi connectivity index (χ0v) is 14.1. The molecule has 0 aliphatic carbocycles. The summed E-state index contributed by atoms with van der Waals surface area (Å²) in [7, 11) is 1.41. The van der Waals surface area contributed by atoms with Gasteiger partial charge in [-0.1, -0.05) is 30.3 Å². The number of hydrogen-bond acceptors (Lipinski definition) is 3. The highest BCUT2D eigenvalue weighted by molar-refractivity contribution is 5.80. The van der Waals surface area contributed by atoms with E-state index in [1.165, 1.54) is 19.1 Å². The van der Waals surface area contributed by atoms with Gasteiger partial charge in [-0.15, -0.1) is 0 Å². The van der Waals surface area contributed by atoms with E-state index in [0.29, 0.717) is 18.9 Å². The molecule has 5 heteroatoms. The fraction of sp³-hybridized carbons (Fsp3) is 0.556. The van der Waals surface area contributed by atoms with Crippen LogP contribution in [0.2, 0.25) is 0 Å². The van der Waals surface area contributed by atoms with Crippen LogP contribution in [0.25, 0.3) is 0 Å². The van der Waals surface area contributed by atoms with Gasteiger partial charge in [0.2, 0.25) is 0 Å². The highest BCUT2D eigenvalue weighted by atomic mass is 16.5. The van der Waals surface area contributed by atoms with Crippen LogP contribution in [0.5, 0.6) is 0 Å². The Balaban J connectivity index is 1.88. The number of ether oxygens (including phenoxy) is 1. The van der Waals surface area contributed by atoms with Gasteiger partial charge in [0.25, 0.3) is 0 Å². The molecule has 1 aromatic carbocycles. The van der Waals surface area contributed by atoms with E-state index < -0.39 is 0 Å². The lowest BCUT2D eigenvalue weighted by molar-refractivity contribution is -0.140. The van der Waals surface area contributed by atoms with E-state index in [1.54, 1.807) is 0 Å². The van der Waals surface area contributed by atoms with E-state index >= 15 is 0 Å². The fourth-order valence-electron chi connectivity index (χ4n) is 2.92. The Hall–Kier alpha value is -2.04. The van der Waals surface area contributed by atoms with Crippen molar-refractivity contribution in [2.75, 3.05) is 33.3 Å². The van der Waals surface area contributed by atoms with E-state index in [0.717, 1.165) is 32.0 Å². The van der Waals surface area contributed by atoms with E-state index in [4.69, 9.17) is 0 Å². The second-order valence-corrected chi connectivity index (χ2v) is 5.85. The Morgan fingerprint density at radius 2 is 2.17 bits per heavy atom. The van der Waals surface area contributed by atoms with E-state index in [2.05, 4.69) is 57.2 Å². The maximum atomic E-state index is 11.2. The minimum atomic E-state index is -0.215. The average molecular weight is 317 g/mol. The Morgan fingerprint density at radius 3 is 2.87 bits per heavy atom. The molecule has 1 unspecified atom stereocenters. The molecular weight excluding hydrogens is 290 g/mol. The molecule has 1 heterocycles. The number of methoxy groups -OCH3 is 1. The molecule has 0 radical (unpaired) electrons. The number of hydrogen-bond donors (Lipinski definition) is 1. The van der Waals surface area contributed by atoms with Crippen molar-refractivity contribution in [2.24, 2.45) is 10.9 Å². The first-order valence-electron chi connectivity index (χ1n) is 8.37. The number of rotatable bonds is 6. The van der Waals surface area contributed by atoms with Gasteiger partial charge in [-0.3, -0.25) is 9.79 Å². The number of likely N-dealkylation sites (tertiary alicyclic amines) is 1. The summed E-state index contributed by atoms with van der Waals surface area (Å²) in [5.41, 5.74) is 1.40. The number of nitrogens with zero attached hydrogens (tertiary/aromatic N) is 2. The number of guanidine groups is 1. The minimum Gasteiger partial charge on any atom is -0.469 e. The topological polar surface area (TPSA) is 53.9 Å². The summed E-state index contributed by atoms with van der Waals surface area (Å²) in [6.07, 6.45) is 2.61. The molecule has 1 fully saturated rings. The summed E-state index contributed by atoms with van der Waals surface area (Å²) in [5.74, 6) is 1.35. The molecule has 1 saturated heterocycles. The highest BCUT2D eigenvalue weighted by Crippen LogP contribution is 2.20. The third kappa shape index (κ3) is 5.58. The second-order valence-electron chi connectivity index (χ2n) is 5.85. The normalized spacial score (nSPS) is 18.1. The van der Waals surface area contributed by atoms with Crippen LogP contribution < -0.4 is 5.32 Å². The van der Waals surface area contributed by atoms with Crippen LogP contribution in [-0.2, 0) is 16.0 Å². The van der Waals surface area contributed by atoms with Crippen molar-refractivity contribution < 1.29 is 9.53 Å². The smallest absolute Gasteiger partial charge is 0.307 e. The summed E-state index contributed by atoms with van der Waals surface area (Å²) in [6, 6.07) is 10.6. The van der Waals surface area contributed by atoms with Gasteiger partial charge in [0.05, 0.1) is 20.1 Å². The molecule has 1 atom stereocenters. The third-order valence-corrected chi connectivity index (χ3v) is 4.09. The van der Waals surface area contributed by atoms with Crippen LogP contribution in [0, 0.1) is 5.92 Å². The predicted molar refractivity (Wildman–Crippen MR) is 92.4 cm³/mol. The Morgan fingerprint density at radius 1 is 1.39 bits per heavy atom. The lowest BCUT2D eigenvalue weighted by atomic mass is 9.99. The van der Waals surface area contributed by atoms with E-state index in [9.17, 15) is 4.79 Å². The van der Waals surface area contributed by atoms with Gasteiger partial charge in [0.1, 0.15) is 0 Å². The number of nitrogens with one attached hydrogen (secondary N) is 1. The van der Waals surface area contributed by atoms with Crippen LogP contribution in [0.4, 0.5) is 0 Å². The molecule has 0 aromatic heterocycles. The first kappa shape index (κ1) is 17.3. The second kappa shape index (κ2) is 9.18. The van der Waals surface area contributed by atoms with Crippen molar-refractivity contribution >= 4 is 11.9 Å². The van der Waals surface area contributed by atoms with E-state index in [-0.39, 0.29) is 5.97 Å². The molecule has 0 amide bonds. The van der Waals surface area contributed by atoms with Gasteiger partial charge >= 0.3 is 5.97 Å². The Kier molecular flexibility index (Phi) is 6.91. The molecule has 1 aliphatic rings. The van der Waals surface area contributed by atoms with Crippen molar-refractivity contribution in [3.05, 3.63) is 35.9 Å². The molecule has 0 bridgehead atoms. The molecular formula is C18H27N3O2. The number of esters is 1. The molecule has 1 aliphatic heterocycles. The largest absolute Gasteiger partial charge is 0.469 e. The molecule has 2 rings (SSSR count). The average Bonchev–Trinajstić information content (AvgIpc) is 3.03. The molecule has 0 spiro atoms. The van der Waals surface area contributed by atoms with Gasteiger partial charge in [-0.05, 0) is 31.2 Å². The van der Waals surface area contributed by atoms with Crippen LogP contribution in [0.1, 0.15) is 25.3 Å². The molecule has 126 valence electrons. The quantitative estimate of drug-likeness (QED) is 0.496. The standard InChI is InChI=1S/C18H27N3O2/c1-3-19-18(20-11-9-17(22)23-2)21-12-10-16(14-21)13-15-7-5-4-6-8-15/h4-8,16H,3,9-14H2,1-2H3,(H,19,20). The number of aliphatic imine (C=N–C) groups is 1. The van der Waals surface area contributed by atoms with Crippen LogP contribution in [0.15, 0.2) is 35.3 Å². The summed E-state index contributed by atoms with van der Waals surface area (Å²) in [6.45, 7) is 5.39. The predicted octanol–water partition coefficient (Wildman–Crippen LogP) is 2.08. The van der Waals surface area contributed by atoms with Gasteiger partial charge < -0.3 is 15.0 Å². The number of carbonyl (C=O) groups excluding carboxylic acids is 1. The van der Waals surface area contributed by atoms with Crippen LogP contribution >= 0.6 is 0 Å². The monoisotopic (exact) mass is 317 g/mol. The maximum absolute atomic E-state index is 11.2. The first-order valence-corrected chi connectivity index (χ1v) is 8.37. The summed E-state index contributed by atoms with van der Waals surface area (Å²) in [4.78, 5) is 18.1. The lowest BCUT2D eigenvalue weighted by Crippen LogP contribution is -2.40. The maximum Gasteiger partial charge on any atom is 0.307 e. The fourth-order valence-corrected chi connectivity index (χ4v) is 2.92. The van der Waals surface area contributed by atoms with Crippen molar-refractivity contribution in [1.82, 2.24) is 10.2 Å². The third-order valence-electron chi connectivity index (χ3n) is 4.09. The highest BCUT2D eigenvalue weighted by Gasteiger charge is 2.24. The summed E-state index contributed by atoms with van der Waals surface area (Å²) in [5, 5.41) is 3.32. The Labute approximate surface area is 138 Å². The molecule has 23 heavy (non-hydrogen) atoms. The zero-order chi connectivity index (χ0) is 16.5. The Bertz CT molecular complexity index is 516. The van der Waals surface area contributed by atoms with E-state index in [1.807, 2.05) is 0 Å². The van der Waals surface area contributed by atoms with Crippen molar-refractivity contribution in [3.8, 4) is 0 Å². The minimum absolute atomic E-state index is 0.215. The SMILES string of the molecule is CCNC(=NCCC(=O)OC)N1CCC(Cc2ccccc2)C1. The van der Waals surface area contributed by atoms with Crippen LogP contribution in [0.3, 0.4) is 0 Å². The first-order chi connectivity index (χ1) is 11.2. The van der Waals surface area contributed by atoms with Crippen molar-refractivity contribution in [2.45, 2.75) is 26.2 Å². The van der Waals surface area contributed by atoms with Gasteiger partial charge in [-0.25, -0.2) is 0 Å². The van der Waals surface area contributed by atoms with Crippen LogP contribution in [-0.4, -0.2) is 50.1 Å². The molecule has 1 aromatic rings. The molecule has 0 saturated carbocycles. The lowest BCUT2D eigenvalue weighted by Gasteiger charge is -2.21. The number of benzene rings is 1. The van der Waals surface area contributed by atoms with Crippen molar-refractivity contribution in [1.29, 1.82) is 0 Å². The van der Waals surface area contributed by atoms with Gasteiger partial charge in [0.15, 0.2) is 5.96 Å². The summed E-state index contributed by atoms with van der Waals surface area (Å²) < 4.78 is 4.66. The van der Waals surface area contributed by atoms with Gasteiger partial charge in [0, 0.05) is 19.6 Å². The number of carbonyl (C=O) groups is 1. The van der Waals surface area contributed by atoms with Gasteiger partial charge in [-0.2, -0.15) is 0 Å². The molecule has 1 N–H and O–H groups in total. The summed E-state index contributed by atoms with van der Waals surface area (Å²) >= 11 is 0.